The molecule has 4 atom stereocenters. The third-order valence-corrected chi connectivity index (χ3v) is 6.94. The van der Waals surface area contributed by atoms with Crippen molar-refractivity contribution in [2.45, 2.75) is 76.8 Å². The van der Waals surface area contributed by atoms with Crippen LogP contribution in [-0.4, -0.2) is 78.2 Å². The summed E-state index contributed by atoms with van der Waals surface area (Å²) in [5.74, 6) is -2.45. The van der Waals surface area contributed by atoms with Crippen LogP contribution in [0.4, 0.5) is 4.79 Å². The Labute approximate surface area is 258 Å². The van der Waals surface area contributed by atoms with Crippen molar-refractivity contribution in [1.82, 2.24) is 15.5 Å². The molecule has 0 bridgehead atoms. The van der Waals surface area contributed by atoms with Gasteiger partial charge in [0.15, 0.2) is 0 Å². The molecule has 0 saturated heterocycles. The van der Waals surface area contributed by atoms with E-state index in [1.54, 1.807) is 48.5 Å². The molecule has 0 saturated carbocycles. The number of hydrogen-bond acceptors (Lipinski definition) is 8. The van der Waals surface area contributed by atoms with Crippen LogP contribution in [0.2, 0.25) is 0 Å². The Morgan fingerprint density at radius 3 is 2.07 bits per heavy atom. The smallest absolute Gasteiger partial charge is 0.410 e. The monoisotopic (exact) mass is 612 g/mol. The highest BCUT2D eigenvalue weighted by Gasteiger charge is 2.33. The van der Waals surface area contributed by atoms with Gasteiger partial charge in [-0.05, 0) is 36.3 Å². The summed E-state index contributed by atoms with van der Waals surface area (Å²) >= 11 is 0. The molecule has 0 heterocycles. The number of methoxy groups -OCH3 is 1. The molecular formula is C32H44N4O8. The number of amides is 4. The zero-order valence-corrected chi connectivity index (χ0v) is 25.7. The van der Waals surface area contributed by atoms with Crippen molar-refractivity contribution in [3.8, 4) is 0 Å². The van der Waals surface area contributed by atoms with Crippen molar-refractivity contribution in [1.29, 1.82) is 0 Å². The molecule has 5 N–H and O–H groups in total. The van der Waals surface area contributed by atoms with Gasteiger partial charge in [-0.25, -0.2) is 9.59 Å². The van der Waals surface area contributed by atoms with Gasteiger partial charge in [0.1, 0.15) is 18.7 Å². The highest BCUT2D eigenvalue weighted by Crippen LogP contribution is 2.14. The van der Waals surface area contributed by atoms with E-state index in [0.717, 1.165) is 16.0 Å². The van der Waals surface area contributed by atoms with Crippen molar-refractivity contribution in [3.05, 3.63) is 71.8 Å². The van der Waals surface area contributed by atoms with Gasteiger partial charge in [0.05, 0.1) is 25.7 Å². The number of benzene rings is 2. The number of nitrogens with two attached hydrogens (primary N) is 1. The lowest BCUT2D eigenvalue weighted by Crippen LogP contribution is -2.54. The number of rotatable bonds is 17. The Kier molecular flexibility index (Phi) is 14.8. The Balaban J connectivity index is 2.22. The fraction of sp³-hybridized carbons (Fsp3) is 0.469. The molecule has 2 rings (SSSR count). The van der Waals surface area contributed by atoms with E-state index in [1.807, 2.05) is 26.0 Å². The van der Waals surface area contributed by atoms with E-state index in [4.69, 9.17) is 15.2 Å². The predicted molar refractivity (Wildman–Crippen MR) is 163 cm³/mol. The van der Waals surface area contributed by atoms with Crippen LogP contribution in [0, 0.1) is 5.92 Å². The van der Waals surface area contributed by atoms with Crippen LogP contribution in [-0.2, 0) is 41.7 Å². The van der Waals surface area contributed by atoms with Gasteiger partial charge < -0.3 is 30.9 Å². The van der Waals surface area contributed by atoms with Crippen molar-refractivity contribution in [3.63, 3.8) is 0 Å². The third kappa shape index (κ3) is 12.4. The van der Waals surface area contributed by atoms with Crippen LogP contribution in [0.15, 0.2) is 60.7 Å². The van der Waals surface area contributed by atoms with E-state index in [-0.39, 0.29) is 31.8 Å². The first kappa shape index (κ1) is 35.7. The molecule has 44 heavy (non-hydrogen) atoms. The van der Waals surface area contributed by atoms with E-state index in [9.17, 15) is 29.1 Å². The molecular weight excluding hydrogens is 568 g/mol. The Hall–Kier alpha value is -4.45. The predicted octanol–water partition coefficient (Wildman–Crippen LogP) is 2.07. The molecule has 2 aromatic rings. The Morgan fingerprint density at radius 1 is 0.932 bits per heavy atom. The van der Waals surface area contributed by atoms with Gasteiger partial charge in [-0.3, -0.25) is 19.3 Å². The number of aliphatic hydroxyl groups is 1. The number of likely N-dealkylation sites (N-methyl/N-ethyl adjacent to an activating group) is 1. The van der Waals surface area contributed by atoms with E-state index in [1.165, 1.54) is 14.2 Å². The molecule has 2 aromatic carbocycles. The summed E-state index contributed by atoms with van der Waals surface area (Å²) in [6, 6.07) is 15.0. The summed E-state index contributed by atoms with van der Waals surface area (Å²) < 4.78 is 10.2. The number of carbonyl (C=O) groups is 5. The molecule has 240 valence electrons. The standard InChI is InChI=1S/C32H44N4O8/c1-21(2)17-25(31(41)43-4)34-29(39)19-27(37)24(18-22-11-7-5-8-12-22)35-30(40)26(15-16-28(33)38)36(3)32(42)44-20-23-13-9-6-10-14-23/h5-14,21,24-27,37H,15-20H2,1-4H3,(H2,33,38)(H,34,39)(H,35,40)/t24-,25-,26-,27-/m0/s1. The second-order valence-electron chi connectivity index (χ2n) is 11.0. The van der Waals surface area contributed by atoms with E-state index >= 15 is 0 Å². The molecule has 0 aliphatic rings. The summed E-state index contributed by atoms with van der Waals surface area (Å²) in [5, 5.41) is 16.5. The number of hydrogen-bond donors (Lipinski definition) is 4. The lowest BCUT2D eigenvalue weighted by atomic mass is 9.97. The highest BCUT2D eigenvalue weighted by atomic mass is 16.6. The van der Waals surface area contributed by atoms with Crippen molar-refractivity contribution >= 4 is 29.8 Å². The molecule has 0 aliphatic heterocycles. The number of nitrogens with zero attached hydrogens (tertiary/aromatic N) is 1. The first-order chi connectivity index (χ1) is 20.9. The minimum Gasteiger partial charge on any atom is -0.467 e. The lowest BCUT2D eigenvalue weighted by Gasteiger charge is -2.30. The maximum Gasteiger partial charge on any atom is 0.410 e. The van der Waals surface area contributed by atoms with Gasteiger partial charge in [0, 0.05) is 13.5 Å². The molecule has 0 aliphatic carbocycles. The van der Waals surface area contributed by atoms with Gasteiger partial charge in [0.2, 0.25) is 17.7 Å². The lowest BCUT2D eigenvalue weighted by molar-refractivity contribution is -0.145. The quantitative estimate of drug-likeness (QED) is 0.196. The first-order valence-corrected chi connectivity index (χ1v) is 14.5. The fourth-order valence-electron chi connectivity index (χ4n) is 4.57. The fourth-order valence-corrected chi connectivity index (χ4v) is 4.57. The maximum absolute atomic E-state index is 13.6. The van der Waals surface area contributed by atoms with Crippen LogP contribution in [0.25, 0.3) is 0 Å². The molecule has 12 nitrogen and oxygen atoms in total. The number of esters is 1. The zero-order chi connectivity index (χ0) is 32.6. The number of nitrogens with one attached hydrogen (secondary N) is 2. The van der Waals surface area contributed by atoms with Crippen molar-refractivity contribution in [2.24, 2.45) is 11.7 Å². The molecule has 0 spiro atoms. The summed E-state index contributed by atoms with van der Waals surface area (Å²) in [5.41, 5.74) is 6.86. The summed E-state index contributed by atoms with van der Waals surface area (Å²) in [7, 11) is 2.60. The minimum absolute atomic E-state index is 0.0258. The summed E-state index contributed by atoms with van der Waals surface area (Å²) in [6.07, 6.45) is -2.38. The summed E-state index contributed by atoms with van der Waals surface area (Å²) in [4.78, 5) is 64.2. The average molecular weight is 613 g/mol. The van der Waals surface area contributed by atoms with E-state index < -0.39 is 60.4 Å². The average Bonchev–Trinajstić information content (AvgIpc) is 2.99. The van der Waals surface area contributed by atoms with Gasteiger partial charge >= 0.3 is 12.1 Å². The topological polar surface area (TPSA) is 177 Å². The minimum atomic E-state index is -1.37. The summed E-state index contributed by atoms with van der Waals surface area (Å²) in [6.45, 7) is 3.76. The third-order valence-electron chi connectivity index (χ3n) is 6.94. The number of carbonyl (C=O) groups excluding carboxylic acids is 5. The van der Waals surface area contributed by atoms with Crippen LogP contribution < -0.4 is 16.4 Å². The normalized spacial score (nSPS) is 13.6. The molecule has 0 unspecified atom stereocenters. The Bertz CT molecular complexity index is 1230. The van der Waals surface area contributed by atoms with Crippen molar-refractivity contribution in [2.75, 3.05) is 14.2 Å². The van der Waals surface area contributed by atoms with E-state index in [2.05, 4.69) is 10.6 Å². The first-order valence-electron chi connectivity index (χ1n) is 14.5. The van der Waals surface area contributed by atoms with Gasteiger partial charge in [-0.1, -0.05) is 74.5 Å². The van der Waals surface area contributed by atoms with Crippen LogP contribution in [0.1, 0.15) is 50.7 Å². The van der Waals surface area contributed by atoms with Crippen LogP contribution in [0.5, 0.6) is 0 Å². The molecule has 4 amide bonds. The van der Waals surface area contributed by atoms with Crippen molar-refractivity contribution < 1.29 is 38.6 Å². The van der Waals surface area contributed by atoms with Gasteiger partial charge in [-0.2, -0.15) is 0 Å². The second kappa shape index (κ2) is 18.3. The second-order valence-corrected chi connectivity index (χ2v) is 11.0. The SMILES string of the molecule is COC(=O)[C@H](CC(C)C)NC(=O)C[C@H](O)[C@H](Cc1ccccc1)NC(=O)[C@H](CCC(N)=O)N(C)C(=O)OCc1ccccc1. The zero-order valence-electron chi connectivity index (χ0n) is 25.7. The Morgan fingerprint density at radius 2 is 1.52 bits per heavy atom. The van der Waals surface area contributed by atoms with Crippen LogP contribution in [0.3, 0.4) is 0 Å². The highest BCUT2D eigenvalue weighted by molar-refractivity contribution is 5.87. The molecule has 12 heteroatoms. The number of ether oxygens (including phenoxy) is 2. The largest absolute Gasteiger partial charge is 0.467 e. The van der Waals surface area contributed by atoms with Gasteiger partial charge in [-0.15, -0.1) is 0 Å². The number of aliphatic hydroxyl groups excluding tert-OH is 1. The maximum atomic E-state index is 13.6. The molecule has 0 radical (unpaired) electrons. The molecule has 0 aromatic heterocycles. The molecule has 0 fully saturated rings. The number of primary amides is 1. The van der Waals surface area contributed by atoms with Crippen LogP contribution >= 0.6 is 0 Å². The van der Waals surface area contributed by atoms with Gasteiger partial charge in [0.25, 0.3) is 0 Å². The van der Waals surface area contributed by atoms with E-state index in [0.29, 0.717) is 6.42 Å².